The Bertz CT molecular complexity index is 1270. The standard InChI is InChI=1S/C23H29N3O5S2/c1-4-25(33(29,30)22-12-10-19(2)11-13-22)17-21-16-24-23(26(21)14-15-31-3)32(27,28)18-20-8-6-5-7-9-20/h5-13,16H,4,14-15,17-18H2,1-3H3. The van der Waals surface area contributed by atoms with E-state index in [1.807, 2.05) is 13.0 Å². The smallest absolute Gasteiger partial charge is 0.243 e. The summed E-state index contributed by atoms with van der Waals surface area (Å²) >= 11 is 0. The normalized spacial score (nSPS) is 12.4. The molecule has 0 N–H and O–H groups in total. The Morgan fingerprint density at radius 2 is 1.67 bits per heavy atom. The number of sulfone groups is 1. The molecule has 178 valence electrons. The van der Waals surface area contributed by atoms with Gasteiger partial charge in [-0.1, -0.05) is 55.0 Å². The van der Waals surface area contributed by atoms with E-state index in [9.17, 15) is 16.8 Å². The molecule has 8 nitrogen and oxygen atoms in total. The number of benzene rings is 2. The number of hydrogen-bond acceptors (Lipinski definition) is 6. The van der Waals surface area contributed by atoms with Gasteiger partial charge in [-0.2, -0.15) is 4.31 Å². The lowest BCUT2D eigenvalue weighted by Gasteiger charge is -2.22. The first kappa shape index (κ1) is 25.1. The first-order chi connectivity index (χ1) is 15.7. The van der Waals surface area contributed by atoms with E-state index in [1.165, 1.54) is 22.2 Å². The Balaban J connectivity index is 1.95. The molecule has 1 heterocycles. The van der Waals surface area contributed by atoms with Gasteiger partial charge < -0.3 is 9.30 Å². The van der Waals surface area contributed by atoms with Gasteiger partial charge in [0.15, 0.2) is 0 Å². The molecule has 3 aromatic rings. The van der Waals surface area contributed by atoms with E-state index in [-0.39, 0.29) is 42.0 Å². The summed E-state index contributed by atoms with van der Waals surface area (Å²) in [7, 11) is -6.00. The SMILES string of the molecule is CCN(Cc1cnc(S(=O)(=O)Cc2ccccc2)n1CCOC)S(=O)(=O)c1ccc(C)cc1. The van der Waals surface area contributed by atoms with E-state index in [0.29, 0.717) is 11.3 Å². The summed E-state index contributed by atoms with van der Waals surface area (Å²) in [4.78, 5) is 4.38. The van der Waals surface area contributed by atoms with Crippen molar-refractivity contribution in [1.82, 2.24) is 13.9 Å². The maximum Gasteiger partial charge on any atom is 0.243 e. The van der Waals surface area contributed by atoms with Gasteiger partial charge in [-0.25, -0.2) is 21.8 Å². The van der Waals surface area contributed by atoms with Crippen LogP contribution in [-0.4, -0.2) is 51.0 Å². The summed E-state index contributed by atoms with van der Waals surface area (Å²) in [5.74, 6) is -0.198. The lowest BCUT2D eigenvalue weighted by atomic mass is 10.2. The molecule has 2 aromatic carbocycles. The Hall–Kier alpha value is -2.53. The Kier molecular flexibility index (Phi) is 8.06. The van der Waals surface area contributed by atoms with Crippen molar-refractivity contribution in [3.63, 3.8) is 0 Å². The van der Waals surface area contributed by atoms with Gasteiger partial charge in [0.05, 0.1) is 35.7 Å². The third-order valence-electron chi connectivity index (χ3n) is 5.25. The summed E-state index contributed by atoms with van der Waals surface area (Å²) in [5, 5.41) is -0.0952. The van der Waals surface area contributed by atoms with Crippen molar-refractivity contribution < 1.29 is 21.6 Å². The number of hydrogen-bond donors (Lipinski definition) is 0. The summed E-state index contributed by atoms with van der Waals surface area (Å²) in [6, 6.07) is 15.5. The van der Waals surface area contributed by atoms with Gasteiger partial charge in [0, 0.05) is 20.2 Å². The molecule has 33 heavy (non-hydrogen) atoms. The molecule has 3 rings (SSSR count). The van der Waals surface area contributed by atoms with Crippen molar-refractivity contribution in [3.05, 3.63) is 77.6 Å². The highest BCUT2D eigenvalue weighted by molar-refractivity contribution is 7.90. The second-order valence-electron chi connectivity index (χ2n) is 7.67. The third-order valence-corrected chi connectivity index (χ3v) is 8.78. The number of nitrogens with zero attached hydrogens (tertiary/aromatic N) is 3. The number of aryl methyl sites for hydroxylation is 1. The second kappa shape index (κ2) is 10.6. The van der Waals surface area contributed by atoms with Gasteiger partial charge in [0.2, 0.25) is 25.0 Å². The molecule has 0 saturated carbocycles. The van der Waals surface area contributed by atoms with Crippen LogP contribution in [0.25, 0.3) is 0 Å². The number of aromatic nitrogens is 2. The molecule has 0 spiro atoms. The molecular weight excluding hydrogens is 462 g/mol. The van der Waals surface area contributed by atoms with Gasteiger partial charge in [0.25, 0.3) is 0 Å². The largest absolute Gasteiger partial charge is 0.383 e. The Labute approximate surface area is 195 Å². The van der Waals surface area contributed by atoms with Crippen LogP contribution in [0.15, 0.2) is 70.8 Å². The first-order valence-electron chi connectivity index (χ1n) is 10.6. The molecule has 1 aromatic heterocycles. The first-order valence-corrected chi connectivity index (χ1v) is 13.6. The second-order valence-corrected chi connectivity index (χ2v) is 11.5. The molecule has 0 amide bonds. The quantitative estimate of drug-likeness (QED) is 0.409. The van der Waals surface area contributed by atoms with Gasteiger partial charge in [-0.15, -0.1) is 0 Å². The number of rotatable bonds is 11. The van der Waals surface area contributed by atoms with E-state index in [0.717, 1.165) is 5.56 Å². The maximum absolute atomic E-state index is 13.2. The molecular formula is C23H29N3O5S2. The van der Waals surface area contributed by atoms with Crippen LogP contribution >= 0.6 is 0 Å². The van der Waals surface area contributed by atoms with E-state index in [4.69, 9.17) is 4.74 Å². The predicted octanol–water partition coefficient (Wildman–Crippen LogP) is 3.02. The molecule has 0 radical (unpaired) electrons. The highest BCUT2D eigenvalue weighted by atomic mass is 32.2. The fourth-order valence-electron chi connectivity index (χ4n) is 3.45. The van der Waals surface area contributed by atoms with E-state index in [1.54, 1.807) is 55.5 Å². The number of ether oxygens (including phenoxy) is 1. The lowest BCUT2D eigenvalue weighted by Crippen LogP contribution is -2.31. The van der Waals surface area contributed by atoms with E-state index < -0.39 is 19.9 Å². The summed E-state index contributed by atoms with van der Waals surface area (Å²) in [5.41, 5.74) is 2.09. The average molecular weight is 492 g/mol. The van der Waals surface area contributed by atoms with Crippen LogP contribution in [0.4, 0.5) is 0 Å². The van der Waals surface area contributed by atoms with Crippen LogP contribution in [-0.2, 0) is 43.4 Å². The van der Waals surface area contributed by atoms with Crippen LogP contribution in [0.1, 0.15) is 23.7 Å². The zero-order chi connectivity index (χ0) is 24.1. The minimum absolute atomic E-state index is 0.00964. The molecule has 0 aliphatic heterocycles. The fourth-order valence-corrected chi connectivity index (χ4v) is 6.39. The summed E-state index contributed by atoms with van der Waals surface area (Å²) < 4.78 is 60.7. The zero-order valence-electron chi connectivity index (χ0n) is 19.0. The van der Waals surface area contributed by atoms with Crippen molar-refractivity contribution in [1.29, 1.82) is 0 Å². The zero-order valence-corrected chi connectivity index (χ0v) is 20.6. The molecule has 0 fully saturated rings. The van der Waals surface area contributed by atoms with Crippen molar-refractivity contribution in [3.8, 4) is 0 Å². The maximum atomic E-state index is 13.2. The Morgan fingerprint density at radius 1 is 1.00 bits per heavy atom. The molecule has 0 saturated heterocycles. The molecule has 0 atom stereocenters. The number of methoxy groups -OCH3 is 1. The van der Waals surface area contributed by atoms with Crippen LogP contribution in [0, 0.1) is 6.92 Å². The van der Waals surface area contributed by atoms with Crippen LogP contribution in [0.2, 0.25) is 0 Å². The minimum Gasteiger partial charge on any atom is -0.383 e. The minimum atomic E-state index is -3.77. The van der Waals surface area contributed by atoms with Crippen molar-refractivity contribution in [2.24, 2.45) is 0 Å². The monoisotopic (exact) mass is 491 g/mol. The van der Waals surface area contributed by atoms with Crippen LogP contribution in [0.5, 0.6) is 0 Å². The highest BCUT2D eigenvalue weighted by Gasteiger charge is 2.28. The van der Waals surface area contributed by atoms with Gasteiger partial charge >= 0.3 is 0 Å². The lowest BCUT2D eigenvalue weighted by molar-refractivity contribution is 0.183. The van der Waals surface area contributed by atoms with E-state index in [2.05, 4.69) is 4.98 Å². The average Bonchev–Trinajstić information content (AvgIpc) is 3.20. The molecule has 0 unspecified atom stereocenters. The third kappa shape index (κ3) is 5.89. The Morgan fingerprint density at radius 3 is 2.27 bits per heavy atom. The summed E-state index contributed by atoms with van der Waals surface area (Å²) in [6.45, 7) is 4.34. The van der Waals surface area contributed by atoms with Gasteiger partial charge in [0.1, 0.15) is 0 Å². The van der Waals surface area contributed by atoms with Crippen molar-refractivity contribution in [2.45, 2.75) is 42.7 Å². The van der Waals surface area contributed by atoms with E-state index >= 15 is 0 Å². The topological polar surface area (TPSA) is 98.6 Å². The van der Waals surface area contributed by atoms with Crippen LogP contribution < -0.4 is 0 Å². The van der Waals surface area contributed by atoms with Crippen molar-refractivity contribution >= 4 is 19.9 Å². The molecule has 0 aliphatic rings. The molecule has 10 heteroatoms. The fraction of sp³-hybridized carbons (Fsp3) is 0.348. The predicted molar refractivity (Wildman–Crippen MR) is 126 cm³/mol. The van der Waals surface area contributed by atoms with Gasteiger partial charge in [-0.3, -0.25) is 0 Å². The van der Waals surface area contributed by atoms with Crippen molar-refractivity contribution in [2.75, 3.05) is 20.3 Å². The number of imidazole rings is 1. The number of sulfonamides is 1. The molecule has 0 aliphatic carbocycles. The summed E-state index contributed by atoms with van der Waals surface area (Å²) in [6.07, 6.45) is 1.43. The molecule has 0 bridgehead atoms. The highest BCUT2D eigenvalue weighted by Crippen LogP contribution is 2.22. The van der Waals surface area contributed by atoms with Gasteiger partial charge in [-0.05, 0) is 24.6 Å². The van der Waals surface area contributed by atoms with Crippen LogP contribution in [0.3, 0.4) is 0 Å².